The third-order valence-corrected chi connectivity index (χ3v) is 4.98. The SMILES string of the molecule is CCOc1cc(C=C2SC(=S)N(c3ccccc3)C2=O)cc([N+](=O)[O-])c1O. The summed E-state index contributed by atoms with van der Waals surface area (Å²) in [5, 5.41) is 21.2. The van der Waals surface area contributed by atoms with Gasteiger partial charge in [0, 0.05) is 6.07 Å². The van der Waals surface area contributed by atoms with Crippen LogP contribution in [0.5, 0.6) is 11.5 Å². The van der Waals surface area contributed by atoms with Crippen molar-refractivity contribution in [2.75, 3.05) is 11.5 Å². The van der Waals surface area contributed by atoms with E-state index in [-0.39, 0.29) is 18.3 Å². The van der Waals surface area contributed by atoms with Gasteiger partial charge in [-0.15, -0.1) is 0 Å². The minimum atomic E-state index is -0.704. The maximum absolute atomic E-state index is 12.8. The Bertz CT molecular complexity index is 960. The van der Waals surface area contributed by atoms with Crippen LogP contribution < -0.4 is 9.64 Å². The van der Waals surface area contributed by atoms with E-state index in [2.05, 4.69) is 0 Å². The number of aromatic hydroxyl groups is 1. The van der Waals surface area contributed by atoms with Crippen molar-refractivity contribution in [2.24, 2.45) is 0 Å². The third-order valence-electron chi connectivity index (χ3n) is 3.68. The van der Waals surface area contributed by atoms with Crippen molar-refractivity contribution >= 4 is 51.7 Å². The fourth-order valence-electron chi connectivity index (χ4n) is 2.52. The second-order valence-corrected chi connectivity index (χ2v) is 7.11. The van der Waals surface area contributed by atoms with E-state index in [1.165, 1.54) is 23.1 Å². The minimum absolute atomic E-state index is 0.0171. The Labute approximate surface area is 164 Å². The number of anilines is 1. The number of para-hydroxylation sites is 1. The smallest absolute Gasteiger partial charge is 0.315 e. The van der Waals surface area contributed by atoms with Crippen LogP contribution in [0.2, 0.25) is 0 Å². The number of hydrogen-bond donors (Lipinski definition) is 1. The molecule has 9 heteroatoms. The predicted molar refractivity (Wildman–Crippen MR) is 108 cm³/mol. The van der Waals surface area contributed by atoms with Crippen molar-refractivity contribution in [2.45, 2.75) is 6.92 Å². The topological polar surface area (TPSA) is 92.9 Å². The molecule has 0 bridgehead atoms. The van der Waals surface area contributed by atoms with Gasteiger partial charge in [-0.25, -0.2) is 0 Å². The number of nitro groups is 1. The lowest BCUT2D eigenvalue weighted by Crippen LogP contribution is -2.27. The van der Waals surface area contributed by atoms with E-state index in [1.807, 2.05) is 6.07 Å². The first kappa shape index (κ1) is 18.9. The standard InChI is InChI=1S/C18H14N2O5S2/c1-2-25-14-9-11(8-13(16(14)21)20(23)24)10-15-17(22)19(18(26)27-15)12-6-4-3-5-7-12/h3-10,21H,2H2,1H3. The van der Waals surface area contributed by atoms with Crippen molar-refractivity contribution in [3.05, 3.63) is 63.0 Å². The molecule has 1 amide bonds. The molecule has 2 aromatic carbocycles. The molecular formula is C18H14N2O5S2. The first-order chi connectivity index (χ1) is 12.9. The van der Waals surface area contributed by atoms with Crippen LogP contribution in [0.3, 0.4) is 0 Å². The van der Waals surface area contributed by atoms with Crippen LogP contribution in [-0.2, 0) is 4.79 Å². The lowest BCUT2D eigenvalue weighted by Gasteiger charge is -2.13. The quantitative estimate of drug-likeness (QED) is 0.348. The highest BCUT2D eigenvalue weighted by Crippen LogP contribution is 2.40. The van der Waals surface area contributed by atoms with Crippen molar-refractivity contribution in [3.63, 3.8) is 0 Å². The van der Waals surface area contributed by atoms with Crippen molar-refractivity contribution < 1.29 is 19.6 Å². The molecule has 1 aliphatic heterocycles. The van der Waals surface area contributed by atoms with E-state index in [9.17, 15) is 20.0 Å². The van der Waals surface area contributed by atoms with Gasteiger partial charge in [-0.05, 0) is 36.8 Å². The predicted octanol–water partition coefficient (Wildman–Crippen LogP) is 4.10. The molecule has 0 saturated carbocycles. The van der Waals surface area contributed by atoms with Crippen molar-refractivity contribution in [1.29, 1.82) is 0 Å². The number of rotatable bonds is 5. The highest BCUT2D eigenvalue weighted by molar-refractivity contribution is 8.27. The summed E-state index contributed by atoms with van der Waals surface area (Å²) >= 11 is 6.41. The molecule has 1 saturated heterocycles. The number of phenols is 1. The molecule has 0 radical (unpaired) electrons. The van der Waals surface area contributed by atoms with Crippen LogP contribution in [0.1, 0.15) is 12.5 Å². The maximum atomic E-state index is 12.8. The monoisotopic (exact) mass is 402 g/mol. The number of ether oxygens (including phenoxy) is 1. The lowest BCUT2D eigenvalue weighted by atomic mass is 10.1. The first-order valence-electron chi connectivity index (χ1n) is 7.89. The second-order valence-electron chi connectivity index (χ2n) is 5.43. The average molecular weight is 402 g/mol. The van der Waals surface area contributed by atoms with E-state index < -0.39 is 16.4 Å². The van der Waals surface area contributed by atoms with Crippen LogP contribution in [0.15, 0.2) is 47.4 Å². The molecule has 0 aliphatic carbocycles. The zero-order chi connectivity index (χ0) is 19.6. The molecule has 2 aromatic rings. The highest BCUT2D eigenvalue weighted by Gasteiger charge is 2.33. The molecule has 1 aliphatic rings. The van der Waals surface area contributed by atoms with Gasteiger partial charge in [0.2, 0.25) is 5.75 Å². The second kappa shape index (κ2) is 7.77. The van der Waals surface area contributed by atoms with Gasteiger partial charge in [-0.2, -0.15) is 0 Å². The maximum Gasteiger partial charge on any atom is 0.315 e. The number of nitrogens with zero attached hydrogens (tertiary/aromatic N) is 2. The van der Waals surface area contributed by atoms with Crippen molar-refractivity contribution in [3.8, 4) is 11.5 Å². The van der Waals surface area contributed by atoms with Gasteiger partial charge in [0.05, 0.1) is 22.1 Å². The molecule has 0 unspecified atom stereocenters. The summed E-state index contributed by atoms with van der Waals surface area (Å²) in [5.74, 6) is -0.878. The number of thiocarbonyl (C=S) groups is 1. The number of carbonyl (C=O) groups is 1. The van der Waals surface area contributed by atoms with Gasteiger partial charge in [0.1, 0.15) is 0 Å². The van der Waals surface area contributed by atoms with Gasteiger partial charge in [0.15, 0.2) is 10.1 Å². The van der Waals surface area contributed by atoms with Gasteiger partial charge in [-0.3, -0.25) is 19.8 Å². The Morgan fingerprint density at radius 1 is 1.33 bits per heavy atom. The highest BCUT2D eigenvalue weighted by atomic mass is 32.2. The molecule has 3 rings (SSSR count). The normalized spacial score (nSPS) is 15.4. The Balaban J connectivity index is 2.01. The fraction of sp³-hybridized carbons (Fsp3) is 0.111. The Hall–Kier alpha value is -2.91. The molecule has 7 nitrogen and oxygen atoms in total. The zero-order valence-corrected chi connectivity index (χ0v) is 15.8. The molecular weight excluding hydrogens is 388 g/mol. The summed E-state index contributed by atoms with van der Waals surface area (Å²) in [7, 11) is 0. The molecule has 0 spiro atoms. The molecule has 138 valence electrons. The zero-order valence-electron chi connectivity index (χ0n) is 14.1. The Morgan fingerprint density at radius 2 is 2.04 bits per heavy atom. The first-order valence-corrected chi connectivity index (χ1v) is 9.12. The molecule has 1 heterocycles. The van der Waals surface area contributed by atoms with Crippen LogP contribution in [0.4, 0.5) is 11.4 Å². The fourth-order valence-corrected chi connectivity index (χ4v) is 3.82. The summed E-state index contributed by atoms with van der Waals surface area (Å²) in [6, 6.07) is 11.6. The van der Waals surface area contributed by atoms with E-state index in [4.69, 9.17) is 17.0 Å². The lowest BCUT2D eigenvalue weighted by molar-refractivity contribution is -0.386. The van der Waals surface area contributed by atoms with Crippen LogP contribution in [-0.4, -0.2) is 26.9 Å². The van der Waals surface area contributed by atoms with E-state index in [0.29, 0.717) is 20.5 Å². The summed E-state index contributed by atoms with van der Waals surface area (Å²) < 4.78 is 5.63. The minimum Gasteiger partial charge on any atom is -0.500 e. The van der Waals surface area contributed by atoms with Crippen molar-refractivity contribution in [1.82, 2.24) is 0 Å². The molecule has 27 heavy (non-hydrogen) atoms. The number of carbonyl (C=O) groups excluding carboxylic acids is 1. The summed E-state index contributed by atoms with van der Waals surface area (Å²) in [5.41, 5.74) is 0.511. The molecule has 0 aromatic heterocycles. The summed E-state index contributed by atoms with van der Waals surface area (Å²) in [4.78, 5) is 25.0. The van der Waals surface area contributed by atoms with E-state index in [1.54, 1.807) is 31.2 Å². The molecule has 1 fully saturated rings. The molecule has 1 N–H and O–H groups in total. The number of hydrogen-bond acceptors (Lipinski definition) is 7. The largest absolute Gasteiger partial charge is 0.500 e. The average Bonchev–Trinajstić information content (AvgIpc) is 2.91. The van der Waals surface area contributed by atoms with Crippen LogP contribution in [0.25, 0.3) is 6.08 Å². The molecule has 0 atom stereocenters. The summed E-state index contributed by atoms with van der Waals surface area (Å²) in [6.07, 6.45) is 1.50. The van der Waals surface area contributed by atoms with E-state index in [0.717, 1.165) is 11.8 Å². The Morgan fingerprint density at radius 3 is 2.67 bits per heavy atom. The van der Waals surface area contributed by atoms with Crippen LogP contribution in [0, 0.1) is 10.1 Å². The number of phenolic OH excluding ortho intramolecular Hbond substituents is 1. The summed E-state index contributed by atoms with van der Waals surface area (Å²) in [6.45, 7) is 1.92. The number of nitro benzene ring substituents is 1. The van der Waals surface area contributed by atoms with Gasteiger partial charge >= 0.3 is 5.69 Å². The third kappa shape index (κ3) is 3.79. The van der Waals surface area contributed by atoms with Gasteiger partial charge in [-0.1, -0.05) is 42.2 Å². The number of amides is 1. The Kier molecular flexibility index (Phi) is 5.43. The van der Waals surface area contributed by atoms with Crippen LogP contribution >= 0.6 is 24.0 Å². The number of thioether (sulfide) groups is 1. The van der Waals surface area contributed by atoms with Gasteiger partial charge in [0.25, 0.3) is 5.91 Å². The van der Waals surface area contributed by atoms with E-state index >= 15 is 0 Å². The number of benzene rings is 2. The van der Waals surface area contributed by atoms with Gasteiger partial charge < -0.3 is 9.84 Å².